The van der Waals surface area contributed by atoms with Crippen LogP contribution in [0.4, 0.5) is 34.1 Å². The topological polar surface area (TPSA) is 6.48 Å². The Balaban J connectivity index is 0.919. The summed E-state index contributed by atoms with van der Waals surface area (Å²) in [5, 5.41) is 5.14. The third-order valence-corrected chi connectivity index (χ3v) is 16.5. The lowest BCUT2D eigenvalue weighted by Crippen LogP contribution is -2.13. The van der Waals surface area contributed by atoms with Crippen molar-refractivity contribution in [1.29, 1.82) is 0 Å². The first kappa shape index (κ1) is 47.4. The van der Waals surface area contributed by atoms with E-state index in [4.69, 9.17) is 0 Å². The summed E-state index contributed by atoms with van der Waals surface area (Å²) in [5.74, 6) is 0. The fourth-order valence-electron chi connectivity index (χ4n) is 11.5. The molecule has 0 saturated carbocycles. The highest BCUT2D eigenvalue weighted by atomic mass is 32.1. The highest BCUT2D eigenvalue weighted by molar-refractivity contribution is 7.26. The zero-order valence-electron chi connectivity index (χ0n) is 43.3. The predicted molar refractivity (Wildman–Crippen MR) is 339 cm³/mol. The summed E-state index contributed by atoms with van der Waals surface area (Å²) in [5.41, 5.74) is 20.4. The molecule has 14 rings (SSSR count). The van der Waals surface area contributed by atoms with Gasteiger partial charge in [-0.1, -0.05) is 249 Å². The number of hydrogen-bond donors (Lipinski definition) is 0. The molecule has 0 amide bonds. The van der Waals surface area contributed by atoms with E-state index in [0.29, 0.717) is 0 Å². The fourth-order valence-corrected chi connectivity index (χ4v) is 12.8. The lowest BCUT2D eigenvalue weighted by atomic mass is 9.94. The van der Waals surface area contributed by atoms with Crippen LogP contribution < -0.4 is 9.80 Å². The quantitative estimate of drug-likeness (QED) is 0.120. The van der Waals surface area contributed by atoms with Gasteiger partial charge in [0.1, 0.15) is 0 Å². The molecular formula is C76H52N2S. The summed E-state index contributed by atoms with van der Waals surface area (Å²) in [7, 11) is 0. The van der Waals surface area contributed by atoms with Crippen LogP contribution in [0.1, 0.15) is 0 Å². The number of nitrogens with zero attached hydrogens (tertiary/aromatic N) is 2. The number of para-hydroxylation sites is 3. The van der Waals surface area contributed by atoms with E-state index in [0.717, 1.165) is 73.1 Å². The summed E-state index contributed by atoms with van der Waals surface area (Å²) >= 11 is 1.89. The molecular weight excluding hydrogens is 973 g/mol. The van der Waals surface area contributed by atoms with E-state index in [-0.39, 0.29) is 0 Å². The molecule has 0 saturated heterocycles. The fraction of sp³-hybridized carbons (Fsp3) is 0. The third-order valence-electron chi connectivity index (χ3n) is 15.2. The molecule has 1 heterocycles. The van der Waals surface area contributed by atoms with Crippen molar-refractivity contribution >= 4 is 76.4 Å². The summed E-state index contributed by atoms with van der Waals surface area (Å²) in [6, 6.07) is 115. The minimum absolute atomic E-state index is 1.05. The van der Waals surface area contributed by atoms with Gasteiger partial charge < -0.3 is 9.80 Å². The van der Waals surface area contributed by atoms with E-state index in [1.165, 1.54) is 58.8 Å². The van der Waals surface area contributed by atoms with Crippen LogP contribution >= 0.6 is 11.3 Å². The zero-order chi connectivity index (χ0) is 52.5. The van der Waals surface area contributed by atoms with E-state index in [1.807, 2.05) is 11.3 Å². The standard InChI is InChI=1S/C76H52N2S/c1-4-23-53(24-5-1)64-35-12-13-36-65(64)59-31-20-33-62(49-59)77(72-42-17-14-37-66(72)54-25-6-2-7-26-54)63-34-21-32-60(50-63)68-39-16-19-44-74(68)78(73-43-18-15-38-67(73)55-27-8-3-9-28-55)61-47-45-56(46-48-61)69-40-22-41-70-71-51-57-29-10-11-30-58(57)52-75(71)79-76(69)70/h1-52H. The molecule has 3 heteroatoms. The maximum absolute atomic E-state index is 2.45. The number of fused-ring (bicyclic) bond motifs is 4. The van der Waals surface area contributed by atoms with E-state index in [9.17, 15) is 0 Å². The molecule has 0 aliphatic heterocycles. The Bertz CT molecular complexity index is 4490. The van der Waals surface area contributed by atoms with Gasteiger partial charge in [0.25, 0.3) is 0 Å². The Morgan fingerprint density at radius 3 is 1.15 bits per heavy atom. The maximum Gasteiger partial charge on any atom is 0.0540 e. The molecule has 79 heavy (non-hydrogen) atoms. The monoisotopic (exact) mass is 1020 g/mol. The molecule has 0 fully saturated rings. The van der Waals surface area contributed by atoms with Crippen molar-refractivity contribution < 1.29 is 0 Å². The van der Waals surface area contributed by atoms with Gasteiger partial charge in [-0.15, -0.1) is 11.3 Å². The minimum Gasteiger partial charge on any atom is -0.310 e. The summed E-state index contributed by atoms with van der Waals surface area (Å²) in [4.78, 5) is 4.89. The highest BCUT2D eigenvalue weighted by Gasteiger charge is 2.24. The zero-order valence-corrected chi connectivity index (χ0v) is 44.1. The number of thiophene rings is 1. The molecule has 0 N–H and O–H groups in total. The van der Waals surface area contributed by atoms with Gasteiger partial charge in [0, 0.05) is 53.9 Å². The molecule has 372 valence electrons. The van der Waals surface area contributed by atoms with Gasteiger partial charge >= 0.3 is 0 Å². The molecule has 0 radical (unpaired) electrons. The smallest absolute Gasteiger partial charge is 0.0540 e. The van der Waals surface area contributed by atoms with Crippen LogP contribution in [0.25, 0.3) is 97.7 Å². The summed E-state index contributed by atoms with van der Waals surface area (Å²) in [6.07, 6.45) is 0. The highest BCUT2D eigenvalue weighted by Crippen LogP contribution is 2.49. The van der Waals surface area contributed by atoms with Crippen LogP contribution in [-0.4, -0.2) is 0 Å². The van der Waals surface area contributed by atoms with Crippen molar-refractivity contribution in [3.05, 3.63) is 315 Å². The van der Waals surface area contributed by atoms with Gasteiger partial charge in [-0.05, 0) is 128 Å². The lowest BCUT2D eigenvalue weighted by molar-refractivity contribution is 1.27. The Morgan fingerprint density at radius 2 is 0.595 bits per heavy atom. The third kappa shape index (κ3) is 9.02. The number of hydrogen-bond acceptors (Lipinski definition) is 3. The second-order valence-electron chi connectivity index (χ2n) is 20.0. The molecule has 0 aliphatic rings. The van der Waals surface area contributed by atoms with Crippen molar-refractivity contribution in [3.8, 4) is 66.8 Å². The molecule has 13 aromatic carbocycles. The molecule has 0 unspecified atom stereocenters. The Labute approximate surface area is 465 Å². The average Bonchev–Trinajstić information content (AvgIpc) is 4.05. The average molecular weight is 1030 g/mol. The minimum atomic E-state index is 1.05. The molecule has 2 nitrogen and oxygen atoms in total. The number of rotatable bonds is 12. The van der Waals surface area contributed by atoms with Crippen LogP contribution in [-0.2, 0) is 0 Å². The van der Waals surface area contributed by atoms with Gasteiger partial charge in [0.05, 0.1) is 17.1 Å². The normalized spacial score (nSPS) is 11.3. The molecule has 0 spiro atoms. The van der Waals surface area contributed by atoms with E-state index >= 15 is 0 Å². The van der Waals surface area contributed by atoms with Crippen molar-refractivity contribution in [3.63, 3.8) is 0 Å². The predicted octanol–water partition coefficient (Wildman–Crippen LogP) is 22.1. The first-order valence-electron chi connectivity index (χ1n) is 27.0. The number of anilines is 6. The molecule has 0 atom stereocenters. The molecule has 0 bridgehead atoms. The molecule has 0 aliphatic carbocycles. The Morgan fingerprint density at radius 1 is 0.215 bits per heavy atom. The first-order chi connectivity index (χ1) is 39.2. The van der Waals surface area contributed by atoms with Crippen molar-refractivity contribution in [2.24, 2.45) is 0 Å². The van der Waals surface area contributed by atoms with Crippen molar-refractivity contribution in [1.82, 2.24) is 0 Å². The van der Waals surface area contributed by atoms with Gasteiger partial charge in [-0.2, -0.15) is 0 Å². The van der Waals surface area contributed by atoms with Crippen LogP contribution in [0, 0.1) is 0 Å². The van der Waals surface area contributed by atoms with Crippen LogP contribution in [0.3, 0.4) is 0 Å². The van der Waals surface area contributed by atoms with Crippen molar-refractivity contribution in [2.75, 3.05) is 9.80 Å². The van der Waals surface area contributed by atoms with Gasteiger partial charge in [0.15, 0.2) is 0 Å². The van der Waals surface area contributed by atoms with Crippen LogP contribution in [0.15, 0.2) is 315 Å². The molecule has 14 aromatic rings. The summed E-state index contributed by atoms with van der Waals surface area (Å²) < 4.78 is 2.62. The largest absolute Gasteiger partial charge is 0.310 e. The van der Waals surface area contributed by atoms with Crippen molar-refractivity contribution in [2.45, 2.75) is 0 Å². The van der Waals surface area contributed by atoms with E-state index in [1.54, 1.807) is 0 Å². The Hall–Kier alpha value is -10.1. The van der Waals surface area contributed by atoms with E-state index in [2.05, 4.69) is 325 Å². The maximum atomic E-state index is 2.45. The van der Waals surface area contributed by atoms with E-state index < -0.39 is 0 Å². The second-order valence-corrected chi connectivity index (χ2v) is 21.0. The van der Waals surface area contributed by atoms with Crippen LogP contribution in [0.2, 0.25) is 0 Å². The van der Waals surface area contributed by atoms with Gasteiger partial charge in [-0.25, -0.2) is 0 Å². The van der Waals surface area contributed by atoms with Crippen LogP contribution in [0.5, 0.6) is 0 Å². The summed E-state index contributed by atoms with van der Waals surface area (Å²) in [6.45, 7) is 0. The number of benzene rings is 13. The SMILES string of the molecule is c1ccc(-c2ccccc2-c2cccc(N(c3cccc(-c4ccccc4N(c4ccc(-c5cccc6c5sc5cc7ccccc7cc56)cc4)c4ccccc4-c4ccccc4)c3)c3ccccc3-c3ccccc3)c2)cc1. The lowest BCUT2D eigenvalue weighted by Gasteiger charge is -2.31. The second kappa shape index (κ2) is 20.8. The first-order valence-corrected chi connectivity index (χ1v) is 27.8. The Kier molecular flexibility index (Phi) is 12.5. The molecule has 1 aromatic heterocycles. The van der Waals surface area contributed by atoms with Gasteiger partial charge in [-0.3, -0.25) is 0 Å². The van der Waals surface area contributed by atoms with Gasteiger partial charge in [0.2, 0.25) is 0 Å².